The van der Waals surface area contributed by atoms with Crippen LogP contribution >= 0.6 is 34.3 Å². The number of nitrogens with zero attached hydrogens (tertiary/aromatic N) is 2. The Hall–Kier alpha value is -0.960. The molecule has 0 aliphatic heterocycles. The Morgan fingerprint density at radius 2 is 2.04 bits per heavy atom. The van der Waals surface area contributed by atoms with Crippen LogP contribution in [-0.2, 0) is 10.0 Å². The Bertz CT molecular complexity index is 860. The Kier molecular flexibility index (Phi) is 5.05. The molecule has 0 bridgehead atoms. The van der Waals surface area contributed by atoms with E-state index in [2.05, 4.69) is 4.40 Å². The molecule has 1 aliphatic rings. The highest BCUT2D eigenvalue weighted by Gasteiger charge is 2.23. The molecule has 2 aromatic heterocycles. The average Bonchev–Trinajstić information content (AvgIpc) is 3.17. The number of hydrogen-bond donors (Lipinski definition) is 0. The normalized spacial score (nSPS) is 17.5. The first-order valence-electron chi connectivity index (χ1n) is 7.23. The van der Waals surface area contributed by atoms with Crippen LogP contribution in [0.5, 0.6) is 0 Å². The first kappa shape index (κ1) is 16.9. The zero-order valence-electron chi connectivity index (χ0n) is 12.1. The van der Waals surface area contributed by atoms with Gasteiger partial charge in [-0.3, -0.25) is 4.79 Å². The van der Waals surface area contributed by atoms with Gasteiger partial charge in [0, 0.05) is 6.04 Å². The fourth-order valence-corrected chi connectivity index (χ4v) is 6.23. The summed E-state index contributed by atoms with van der Waals surface area (Å²) in [6, 6.07) is 3.28. The van der Waals surface area contributed by atoms with Crippen LogP contribution < -0.4 is 4.80 Å². The average molecular weight is 391 g/mol. The van der Waals surface area contributed by atoms with Gasteiger partial charge in [-0.05, 0) is 24.3 Å². The number of carbonyl (C=O) groups is 1. The van der Waals surface area contributed by atoms with E-state index in [1.807, 2.05) is 0 Å². The monoisotopic (exact) mass is 390 g/mol. The van der Waals surface area contributed by atoms with Crippen LogP contribution in [0.15, 0.2) is 26.1 Å². The van der Waals surface area contributed by atoms with E-state index in [1.54, 1.807) is 16.0 Å². The van der Waals surface area contributed by atoms with Crippen molar-refractivity contribution >= 4 is 50.6 Å². The lowest BCUT2D eigenvalue weighted by Gasteiger charge is -2.23. The van der Waals surface area contributed by atoms with Crippen LogP contribution in [0.2, 0.25) is 5.15 Å². The second-order valence-electron chi connectivity index (χ2n) is 5.32. The van der Waals surface area contributed by atoms with E-state index >= 15 is 0 Å². The molecule has 1 aliphatic carbocycles. The van der Waals surface area contributed by atoms with E-state index in [0.717, 1.165) is 48.4 Å². The molecule has 1 saturated carbocycles. The predicted molar refractivity (Wildman–Crippen MR) is 91.9 cm³/mol. The highest BCUT2D eigenvalue weighted by Crippen LogP contribution is 2.32. The van der Waals surface area contributed by atoms with Crippen LogP contribution in [0.25, 0.3) is 0 Å². The summed E-state index contributed by atoms with van der Waals surface area (Å²) >= 11 is 8.45. The molecule has 9 heteroatoms. The predicted octanol–water partition coefficient (Wildman–Crippen LogP) is 3.87. The number of rotatable bonds is 4. The van der Waals surface area contributed by atoms with E-state index < -0.39 is 10.0 Å². The number of aromatic nitrogens is 1. The van der Waals surface area contributed by atoms with E-state index in [0.29, 0.717) is 11.2 Å². The Morgan fingerprint density at radius 3 is 2.65 bits per heavy atom. The van der Waals surface area contributed by atoms with Gasteiger partial charge in [0.2, 0.25) is 4.80 Å². The van der Waals surface area contributed by atoms with Crippen molar-refractivity contribution in [2.45, 2.75) is 42.4 Å². The zero-order valence-corrected chi connectivity index (χ0v) is 15.3. The van der Waals surface area contributed by atoms with Gasteiger partial charge >= 0.3 is 0 Å². The van der Waals surface area contributed by atoms with Gasteiger partial charge in [-0.25, -0.2) is 0 Å². The third kappa shape index (κ3) is 3.45. The van der Waals surface area contributed by atoms with E-state index in [9.17, 15) is 13.2 Å². The minimum absolute atomic E-state index is 0.0958. The molecule has 0 saturated heterocycles. The molecule has 0 unspecified atom stereocenters. The zero-order chi connectivity index (χ0) is 16.4. The fourth-order valence-electron chi connectivity index (χ4n) is 2.74. The van der Waals surface area contributed by atoms with Gasteiger partial charge in [-0.2, -0.15) is 8.42 Å². The number of sulfonamides is 1. The third-order valence-corrected chi connectivity index (χ3v) is 8.05. The largest absolute Gasteiger partial charge is 0.303 e. The maximum Gasteiger partial charge on any atom is 0.294 e. The molecule has 2 aromatic rings. The van der Waals surface area contributed by atoms with Crippen molar-refractivity contribution in [1.82, 2.24) is 4.57 Å². The molecule has 124 valence electrons. The minimum Gasteiger partial charge on any atom is -0.303 e. The molecule has 3 rings (SSSR count). The summed E-state index contributed by atoms with van der Waals surface area (Å²) in [5.41, 5.74) is 0. The van der Waals surface area contributed by atoms with E-state index in [-0.39, 0.29) is 20.2 Å². The summed E-state index contributed by atoms with van der Waals surface area (Å²) in [5.74, 6) is 0. The number of carbonyl (C=O) groups excluding carboxylic acids is 1. The van der Waals surface area contributed by atoms with Crippen LogP contribution in [0, 0.1) is 0 Å². The molecule has 23 heavy (non-hydrogen) atoms. The van der Waals surface area contributed by atoms with Crippen LogP contribution in [0.1, 0.15) is 47.8 Å². The van der Waals surface area contributed by atoms with Gasteiger partial charge in [0.25, 0.3) is 10.0 Å². The Labute approximate surface area is 147 Å². The Morgan fingerprint density at radius 1 is 1.30 bits per heavy atom. The second kappa shape index (κ2) is 6.88. The van der Waals surface area contributed by atoms with Gasteiger partial charge in [-0.15, -0.1) is 15.7 Å². The molecule has 0 spiro atoms. The minimum atomic E-state index is -3.78. The molecule has 0 amide bonds. The van der Waals surface area contributed by atoms with Crippen molar-refractivity contribution in [1.29, 1.82) is 0 Å². The summed E-state index contributed by atoms with van der Waals surface area (Å²) in [4.78, 5) is 11.8. The summed E-state index contributed by atoms with van der Waals surface area (Å²) < 4.78 is 30.7. The molecule has 0 atom stereocenters. The number of thiazole rings is 1. The summed E-state index contributed by atoms with van der Waals surface area (Å²) in [7, 11) is -3.78. The van der Waals surface area contributed by atoms with Gasteiger partial charge in [0.05, 0.1) is 0 Å². The van der Waals surface area contributed by atoms with Crippen molar-refractivity contribution in [3.05, 3.63) is 32.3 Å². The summed E-state index contributed by atoms with van der Waals surface area (Å²) in [6.07, 6.45) is 5.79. The quantitative estimate of drug-likeness (QED) is 0.744. The van der Waals surface area contributed by atoms with Crippen LogP contribution in [0.3, 0.4) is 0 Å². The summed E-state index contributed by atoms with van der Waals surface area (Å²) in [5, 5.41) is 1.98. The summed E-state index contributed by atoms with van der Waals surface area (Å²) in [6.45, 7) is 0. The first-order valence-corrected chi connectivity index (χ1v) is 10.7. The van der Waals surface area contributed by atoms with Crippen molar-refractivity contribution in [2.75, 3.05) is 0 Å². The number of thiophene rings is 1. The maximum absolute atomic E-state index is 12.4. The number of halogens is 1. The molecule has 1 fully saturated rings. The first-order chi connectivity index (χ1) is 11.0. The lowest BCUT2D eigenvalue weighted by Crippen LogP contribution is -2.24. The highest BCUT2D eigenvalue weighted by molar-refractivity contribution is 7.92. The van der Waals surface area contributed by atoms with Crippen molar-refractivity contribution in [3.8, 4) is 0 Å². The van der Waals surface area contributed by atoms with Gasteiger partial charge < -0.3 is 4.57 Å². The topological polar surface area (TPSA) is 68.5 Å². The van der Waals surface area contributed by atoms with Gasteiger partial charge in [0.15, 0.2) is 6.29 Å². The number of hydrogen-bond acceptors (Lipinski definition) is 5. The van der Waals surface area contributed by atoms with E-state index in [1.165, 1.54) is 12.5 Å². The van der Waals surface area contributed by atoms with Crippen molar-refractivity contribution < 1.29 is 13.2 Å². The molecule has 2 heterocycles. The smallest absolute Gasteiger partial charge is 0.294 e. The van der Waals surface area contributed by atoms with Crippen LogP contribution in [0.4, 0.5) is 0 Å². The Balaban J connectivity index is 2.15. The highest BCUT2D eigenvalue weighted by atomic mass is 35.5. The van der Waals surface area contributed by atoms with Gasteiger partial charge in [0.1, 0.15) is 14.2 Å². The second-order valence-corrected chi connectivity index (χ2v) is 9.46. The molecule has 0 radical (unpaired) electrons. The molecule has 0 aromatic carbocycles. The molecule has 0 N–H and O–H groups in total. The van der Waals surface area contributed by atoms with Gasteiger partial charge in [-0.1, -0.05) is 48.3 Å². The third-order valence-electron chi connectivity index (χ3n) is 3.82. The van der Waals surface area contributed by atoms with E-state index in [4.69, 9.17) is 11.6 Å². The maximum atomic E-state index is 12.4. The van der Waals surface area contributed by atoms with Crippen molar-refractivity contribution in [3.63, 3.8) is 0 Å². The number of aldehydes is 1. The van der Waals surface area contributed by atoms with Crippen molar-refractivity contribution in [2.24, 2.45) is 4.40 Å². The lowest BCUT2D eigenvalue weighted by molar-refractivity contribution is 0.112. The molecular formula is C14H15ClN2O3S3. The lowest BCUT2D eigenvalue weighted by atomic mass is 9.95. The molecule has 5 nitrogen and oxygen atoms in total. The standard InChI is InChI=1S/C14H15ClN2O3S3/c15-13-11(9-18)22-14(17(13)10-5-2-1-3-6-10)16-23(19,20)12-7-4-8-21-12/h4,7-10H,1-3,5-6H2/b16-14+. The molecular weight excluding hydrogens is 376 g/mol. The fraction of sp³-hybridized carbons (Fsp3) is 0.429. The van der Waals surface area contributed by atoms with Crippen LogP contribution in [-0.4, -0.2) is 19.3 Å². The SMILES string of the molecule is O=Cc1s/c(=N/S(=O)(=O)c2cccs2)n(C2CCCCC2)c1Cl.